The van der Waals surface area contributed by atoms with Crippen LogP contribution in [0.2, 0.25) is 0 Å². The number of aliphatic imine (C=N–C) groups is 1. The highest BCUT2D eigenvalue weighted by atomic mass is 32.2. The Morgan fingerprint density at radius 1 is 1.46 bits per heavy atom. The van der Waals surface area contributed by atoms with Crippen molar-refractivity contribution in [1.29, 1.82) is 0 Å². The minimum absolute atomic E-state index is 0.205. The first-order chi connectivity index (χ1) is 11.3. The first kappa shape index (κ1) is 17.4. The summed E-state index contributed by atoms with van der Waals surface area (Å²) in [7, 11) is 0. The molecule has 3 atom stereocenters. The van der Waals surface area contributed by atoms with Crippen molar-refractivity contribution in [3.05, 3.63) is 24.0 Å². The number of nitrogens with zero attached hydrogens (tertiary/aromatic N) is 2. The number of ether oxygens (including phenoxy) is 2. The summed E-state index contributed by atoms with van der Waals surface area (Å²) in [5.74, 6) is 1.25. The van der Waals surface area contributed by atoms with Crippen LogP contribution in [0.4, 0.5) is 4.79 Å². The molecule has 0 unspecified atom stereocenters. The van der Waals surface area contributed by atoms with E-state index in [0.717, 1.165) is 23.8 Å². The zero-order valence-electron chi connectivity index (χ0n) is 14.8. The van der Waals surface area contributed by atoms with E-state index in [1.165, 1.54) is 0 Å². The van der Waals surface area contributed by atoms with Gasteiger partial charge in [-0.1, -0.05) is 6.08 Å². The van der Waals surface area contributed by atoms with Gasteiger partial charge >= 0.3 is 6.09 Å². The van der Waals surface area contributed by atoms with Gasteiger partial charge in [-0.05, 0) is 46.3 Å². The van der Waals surface area contributed by atoms with Gasteiger partial charge in [-0.3, -0.25) is 4.99 Å². The van der Waals surface area contributed by atoms with Crippen LogP contribution in [0.5, 0.6) is 0 Å². The van der Waals surface area contributed by atoms with E-state index >= 15 is 0 Å². The molecule has 0 spiro atoms. The highest BCUT2D eigenvalue weighted by Gasteiger charge is 2.31. The van der Waals surface area contributed by atoms with Gasteiger partial charge in [0.2, 0.25) is 0 Å². The SMILES string of the molecule is CC1=N[C@@H]2C=C(OC[C@@H]3CCN(C(=O)OC(C)(C)C)C3)C=C[C@@H]2S1. The summed E-state index contributed by atoms with van der Waals surface area (Å²) < 4.78 is 11.4. The van der Waals surface area contributed by atoms with E-state index in [0.29, 0.717) is 24.3 Å². The van der Waals surface area contributed by atoms with Crippen LogP contribution >= 0.6 is 11.8 Å². The average Bonchev–Trinajstić information content (AvgIpc) is 3.08. The van der Waals surface area contributed by atoms with Gasteiger partial charge in [-0.2, -0.15) is 0 Å². The molecule has 3 aliphatic rings. The molecule has 1 fully saturated rings. The second-order valence-electron chi connectivity index (χ2n) is 7.54. The average molecular weight is 350 g/mol. The van der Waals surface area contributed by atoms with Crippen molar-refractivity contribution < 1.29 is 14.3 Å². The Kier molecular flexibility index (Phi) is 4.95. The Bertz CT molecular complexity index is 592. The number of amides is 1. The van der Waals surface area contributed by atoms with Crippen molar-refractivity contribution in [3.63, 3.8) is 0 Å². The Hall–Kier alpha value is -1.43. The van der Waals surface area contributed by atoms with Crippen LogP contribution in [-0.2, 0) is 9.47 Å². The van der Waals surface area contributed by atoms with Crippen LogP contribution in [0.1, 0.15) is 34.1 Å². The van der Waals surface area contributed by atoms with Crippen LogP contribution in [-0.4, -0.2) is 52.6 Å². The number of fused-ring (bicyclic) bond motifs is 1. The van der Waals surface area contributed by atoms with Crippen molar-refractivity contribution in [2.75, 3.05) is 19.7 Å². The van der Waals surface area contributed by atoms with E-state index in [1.54, 1.807) is 4.90 Å². The number of likely N-dealkylation sites (tertiary alicyclic amines) is 1. The van der Waals surface area contributed by atoms with E-state index < -0.39 is 5.60 Å². The minimum atomic E-state index is -0.447. The molecule has 6 heteroatoms. The summed E-state index contributed by atoms with van der Waals surface area (Å²) in [6.07, 6.45) is 7.05. The first-order valence-corrected chi connectivity index (χ1v) is 9.40. The molecule has 0 bridgehead atoms. The lowest BCUT2D eigenvalue weighted by Gasteiger charge is -2.24. The summed E-state index contributed by atoms with van der Waals surface area (Å²) >= 11 is 1.81. The zero-order chi connectivity index (χ0) is 17.3. The lowest BCUT2D eigenvalue weighted by atomic mass is 10.1. The molecule has 0 saturated carbocycles. The Morgan fingerprint density at radius 2 is 2.25 bits per heavy atom. The molecule has 2 heterocycles. The number of carbonyl (C=O) groups is 1. The van der Waals surface area contributed by atoms with Crippen molar-refractivity contribution >= 4 is 22.9 Å². The quantitative estimate of drug-likeness (QED) is 0.780. The molecular weight excluding hydrogens is 324 g/mol. The second kappa shape index (κ2) is 6.82. The topological polar surface area (TPSA) is 51.1 Å². The minimum Gasteiger partial charge on any atom is -0.494 e. The highest BCUT2D eigenvalue weighted by molar-refractivity contribution is 8.14. The number of carbonyl (C=O) groups excluding carboxylic acids is 1. The summed E-state index contributed by atoms with van der Waals surface area (Å²) in [5.41, 5.74) is -0.447. The predicted octanol–water partition coefficient (Wildman–Crippen LogP) is 3.62. The van der Waals surface area contributed by atoms with E-state index in [1.807, 2.05) is 38.6 Å². The van der Waals surface area contributed by atoms with E-state index in [-0.39, 0.29) is 12.1 Å². The van der Waals surface area contributed by atoms with Gasteiger partial charge in [0, 0.05) is 19.0 Å². The van der Waals surface area contributed by atoms with Crippen LogP contribution in [0.25, 0.3) is 0 Å². The van der Waals surface area contributed by atoms with Gasteiger partial charge in [-0.15, -0.1) is 11.8 Å². The summed E-state index contributed by atoms with van der Waals surface area (Å²) in [6.45, 7) is 9.79. The number of hydrogen-bond acceptors (Lipinski definition) is 5. The maximum Gasteiger partial charge on any atom is 0.410 e. The summed E-state index contributed by atoms with van der Waals surface area (Å²) in [4.78, 5) is 18.5. The molecule has 0 aromatic carbocycles. The van der Waals surface area contributed by atoms with Gasteiger partial charge in [0.25, 0.3) is 0 Å². The molecule has 24 heavy (non-hydrogen) atoms. The molecule has 3 rings (SSSR count). The standard InChI is InChI=1S/C18H26N2O3S/c1-12-19-15-9-14(5-6-16(15)24-12)22-11-13-7-8-20(10-13)17(21)23-18(2,3)4/h5-6,9,13,15-16H,7-8,10-11H2,1-4H3/t13-,15-,16+/m1/s1. The molecule has 0 radical (unpaired) electrons. The second-order valence-corrected chi connectivity index (χ2v) is 8.91. The van der Waals surface area contributed by atoms with Crippen molar-refractivity contribution in [2.24, 2.45) is 10.9 Å². The number of rotatable bonds is 3. The molecule has 0 N–H and O–H groups in total. The largest absolute Gasteiger partial charge is 0.494 e. The van der Waals surface area contributed by atoms with Gasteiger partial charge in [0.05, 0.1) is 22.9 Å². The Balaban J connectivity index is 1.46. The van der Waals surface area contributed by atoms with Crippen LogP contribution in [0.15, 0.2) is 29.0 Å². The van der Waals surface area contributed by atoms with E-state index in [4.69, 9.17) is 9.47 Å². The third kappa shape index (κ3) is 4.35. The lowest BCUT2D eigenvalue weighted by Crippen LogP contribution is -2.35. The third-order valence-corrected chi connectivity index (χ3v) is 5.34. The van der Waals surface area contributed by atoms with Gasteiger partial charge < -0.3 is 14.4 Å². The Labute approximate surface area is 148 Å². The number of thioether (sulfide) groups is 1. The van der Waals surface area contributed by atoms with Crippen molar-refractivity contribution in [2.45, 2.75) is 51.0 Å². The van der Waals surface area contributed by atoms with E-state index in [9.17, 15) is 4.79 Å². The van der Waals surface area contributed by atoms with Gasteiger partial charge in [0.1, 0.15) is 11.4 Å². The fourth-order valence-electron chi connectivity index (χ4n) is 3.05. The fourth-order valence-corrected chi connectivity index (χ4v) is 4.06. The molecular formula is C18H26N2O3S. The highest BCUT2D eigenvalue weighted by Crippen LogP contribution is 2.32. The molecule has 1 aliphatic carbocycles. The maximum absolute atomic E-state index is 12.1. The predicted molar refractivity (Wildman–Crippen MR) is 97.4 cm³/mol. The molecule has 0 aromatic heterocycles. The molecule has 2 aliphatic heterocycles. The van der Waals surface area contributed by atoms with Crippen molar-refractivity contribution in [3.8, 4) is 0 Å². The fraction of sp³-hybridized carbons (Fsp3) is 0.667. The Morgan fingerprint density at radius 3 is 3.00 bits per heavy atom. The van der Waals surface area contributed by atoms with Gasteiger partial charge in [0.15, 0.2) is 0 Å². The monoisotopic (exact) mass is 350 g/mol. The molecule has 1 saturated heterocycles. The normalized spacial score (nSPS) is 29.2. The molecule has 5 nitrogen and oxygen atoms in total. The molecule has 1 amide bonds. The van der Waals surface area contributed by atoms with Crippen LogP contribution in [0.3, 0.4) is 0 Å². The first-order valence-electron chi connectivity index (χ1n) is 8.52. The van der Waals surface area contributed by atoms with E-state index in [2.05, 4.69) is 24.1 Å². The van der Waals surface area contributed by atoms with Crippen molar-refractivity contribution in [1.82, 2.24) is 4.90 Å². The lowest BCUT2D eigenvalue weighted by molar-refractivity contribution is 0.0282. The van der Waals surface area contributed by atoms with Crippen LogP contribution in [0, 0.1) is 5.92 Å². The zero-order valence-corrected chi connectivity index (χ0v) is 15.6. The molecule has 132 valence electrons. The number of allylic oxidation sites excluding steroid dienone is 1. The van der Waals surface area contributed by atoms with Gasteiger partial charge in [-0.25, -0.2) is 4.79 Å². The summed E-state index contributed by atoms with van der Waals surface area (Å²) in [5, 5.41) is 1.56. The summed E-state index contributed by atoms with van der Waals surface area (Å²) in [6, 6.07) is 0.205. The smallest absolute Gasteiger partial charge is 0.410 e. The molecule has 0 aromatic rings. The van der Waals surface area contributed by atoms with Crippen LogP contribution < -0.4 is 0 Å². The maximum atomic E-state index is 12.1. The number of hydrogen-bond donors (Lipinski definition) is 0. The third-order valence-electron chi connectivity index (χ3n) is 4.18.